The fourth-order valence-electron chi connectivity index (χ4n) is 1.63. The van der Waals surface area contributed by atoms with Gasteiger partial charge in [-0.2, -0.15) is 0 Å². The van der Waals surface area contributed by atoms with Gasteiger partial charge < -0.3 is 5.73 Å². The van der Waals surface area contributed by atoms with Crippen LogP contribution in [0.4, 0.5) is 4.39 Å². The summed E-state index contributed by atoms with van der Waals surface area (Å²) in [5, 5.41) is 0. The van der Waals surface area contributed by atoms with Gasteiger partial charge in [0.15, 0.2) is 0 Å². The quantitative estimate of drug-likeness (QED) is 0.826. The second-order valence-corrected chi connectivity index (χ2v) is 6.13. The zero-order valence-electron chi connectivity index (χ0n) is 10.6. The Kier molecular flexibility index (Phi) is 5.25. The first-order valence-electron chi connectivity index (χ1n) is 5.87. The first kappa shape index (κ1) is 15.1. The van der Waals surface area contributed by atoms with Crippen molar-refractivity contribution in [3.8, 4) is 0 Å². The Balaban J connectivity index is 2.80. The summed E-state index contributed by atoms with van der Waals surface area (Å²) in [6.45, 7) is 3.78. The topological polar surface area (TPSA) is 72.2 Å². The van der Waals surface area contributed by atoms with Gasteiger partial charge in [-0.15, -0.1) is 0 Å². The molecule has 0 unspecified atom stereocenters. The molecule has 0 aliphatic rings. The van der Waals surface area contributed by atoms with Gasteiger partial charge in [0.25, 0.3) is 0 Å². The van der Waals surface area contributed by atoms with Gasteiger partial charge in [0.1, 0.15) is 5.82 Å². The molecule has 6 heteroatoms. The molecule has 0 amide bonds. The summed E-state index contributed by atoms with van der Waals surface area (Å²) in [5.41, 5.74) is 6.29. The van der Waals surface area contributed by atoms with E-state index >= 15 is 0 Å². The van der Waals surface area contributed by atoms with Crippen molar-refractivity contribution in [2.75, 3.05) is 6.54 Å². The number of hydrogen-bond acceptors (Lipinski definition) is 3. The third kappa shape index (κ3) is 4.36. The summed E-state index contributed by atoms with van der Waals surface area (Å²) >= 11 is 0. The largest absolute Gasteiger partial charge is 0.327 e. The van der Waals surface area contributed by atoms with E-state index in [1.54, 1.807) is 6.92 Å². The molecule has 102 valence electrons. The van der Waals surface area contributed by atoms with Gasteiger partial charge >= 0.3 is 0 Å². The molecule has 1 rings (SSSR count). The second-order valence-electron chi connectivity index (χ2n) is 4.36. The highest BCUT2D eigenvalue weighted by Crippen LogP contribution is 2.13. The number of nitrogens with one attached hydrogen (secondary N) is 1. The Hall–Kier alpha value is -0.980. The number of benzene rings is 1. The van der Waals surface area contributed by atoms with Crippen LogP contribution < -0.4 is 10.5 Å². The van der Waals surface area contributed by atoms with E-state index < -0.39 is 15.8 Å². The molecule has 0 fully saturated rings. The molecule has 3 N–H and O–H groups in total. The number of hydrogen-bond donors (Lipinski definition) is 2. The molecule has 1 aromatic rings. The average molecular weight is 274 g/mol. The molecule has 0 bridgehead atoms. The lowest BCUT2D eigenvalue weighted by molar-refractivity contribution is 0.551. The SMILES string of the molecule is CCC[C@@H](N)CNS(=O)(=O)c1cc(C)cc(F)c1. The van der Waals surface area contributed by atoms with Crippen LogP contribution in [0.15, 0.2) is 23.1 Å². The smallest absolute Gasteiger partial charge is 0.240 e. The molecule has 0 aliphatic heterocycles. The van der Waals surface area contributed by atoms with Crippen molar-refractivity contribution in [2.45, 2.75) is 37.6 Å². The van der Waals surface area contributed by atoms with Gasteiger partial charge in [-0.1, -0.05) is 13.3 Å². The predicted octanol–water partition coefficient (Wildman–Crippen LogP) is 1.54. The van der Waals surface area contributed by atoms with Crippen molar-refractivity contribution in [1.29, 1.82) is 0 Å². The molecule has 0 heterocycles. The monoisotopic (exact) mass is 274 g/mol. The Labute approximate surface area is 107 Å². The first-order chi connectivity index (χ1) is 8.35. The van der Waals surface area contributed by atoms with Gasteiger partial charge in [0, 0.05) is 12.6 Å². The maximum atomic E-state index is 13.2. The Morgan fingerprint density at radius 2 is 2.06 bits per heavy atom. The van der Waals surface area contributed by atoms with Crippen molar-refractivity contribution in [1.82, 2.24) is 4.72 Å². The van der Waals surface area contributed by atoms with Gasteiger partial charge in [0.2, 0.25) is 10.0 Å². The summed E-state index contributed by atoms with van der Waals surface area (Å²) < 4.78 is 39.4. The number of sulfonamides is 1. The third-order valence-corrected chi connectivity index (χ3v) is 3.92. The molecular weight excluding hydrogens is 255 g/mol. The van der Waals surface area contributed by atoms with E-state index in [1.807, 2.05) is 6.92 Å². The Morgan fingerprint density at radius 3 is 2.61 bits per heavy atom. The molecule has 1 atom stereocenters. The van der Waals surface area contributed by atoms with Crippen LogP contribution in [0.1, 0.15) is 25.3 Å². The van der Waals surface area contributed by atoms with E-state index in [-0.39, 0.29) is 17.5 Å². The average Bonchev–Trinajstić information content (AvgIpc) is 2.26. The first-order valence-corrected chi connectivity index (χ1v) is 7.36. The third-order valence-electron chi connectivity index (χ3n) is 2.52. The van der Waals surface area contributed by atoms with Crippen LogP contribution in [0.3, 0.4) is 0 Å². The van der Waals surface area contributed by atoms with Crippen LogP contribution in [0.25, 0.3) is 0 Å². The molecule has 0 saturated carbocycles. The van der Waals surface area contributed by atoms with E-state index in [9.17, 15) is 12.8 Å². The minimum absolute atomic E-state index is 0.0660. The second kappa shape index (κ2) is 6.26. The molecular formula is C12H19FN2O2S. The van der Waals surface area contributed by atoms with E-state index in [2.05, 4.69) is 4.72 Å². The van der Waals surface area contributed by atoms with Gasteiger partial charge in [-0.3, -0.25) is 0 Å². The minimum Gasteiger partial charge on any atom is -0.327 e. The maximum absolute atomic E-state index is 13.2. The number of halogens is 1. The van der Waals surface area contributed by atoms with Gasteiger partial charge in [0.05, 0.1) is 4.90 Å². The normalized spacial score (nSPS) is 13.6. The highest BCUT2D eigenvalue weighted by atomic mass is 32.2. The zero-order chi connectivity index (χ0) is 13.8. The summed E-state index contributed by atoms with van der Waals surface area (Å²) in [4.78, 5) is -0.0660. The molecule has 18 heavy (non-hydrogen) atoms. The molecule has 0 radical (unpaired) electrons. The molecule has 0 spiro atoms. The summed E-state index contributed by atoms with van der Waals surface area (Å²) in [5.74, 6) is -0.562. The van der Waals surface area contributed by atoms with Crippen LogP contribution in [0, 0.1) is 12.7 Å². The van der Waals surface area contributed by atoms with Gasteiger partial charge in [-0.05, 0) is 37.1 Å². The summed E-state index contributed by atoms with van der Waals surface area (Å²) in [7, 11) is -3.69. The Bertz CT molecular complexity index is 483. The van der Waals surface area contributed by atoms with E-state index in [1.165, 1.54) is 12.1 Å². The van der Waals surface area contributed by atoms with Crippen LogP contribution >= 0.6 is 0 Å². The zero-order valence-corrected chi connectivity index (χ0v) is 11.4. The molecule has 4 nitrogen and oxygen atoms in total. The van der Waals surface area contributed by atoms with E-state index in [0.29, 0.717) is 5.56 Å². The van der Waals surface area contributed by atoms with Crippen LogP contribution in [0.5, 0.6) is 0 Å². The molecule has 1 aromatic carbocycles. The molecule has 0 aliphatic carbocycles. The van der Waals surface area contributed by atoms with Crippen molar-refractivity contribution >= 4 is 10.0 Å². The Morgan fingerprint density at radius 1 is 1.39 bits per heavy atom. The summed E-state index contributed by atoms with van der Waals surface area (Å²) in [6.07, 6.45) is 1.63. The number of aryl methyl sites for hydroxylation is 1. The van der Waals surface area contributed by atoms with Crippen molar-refractivity contribution in [3.05, 3.63) is 29.6 Å². The van der Waals surface area contributed by atoms with E-state index in [0.717, 1.165) is 18.9 Å². The number of rotatable bonds is 6. The summed E-state index contributed by atoms with van der Waals surface area (Å²) in [6, 6.07) is 3.48. The maximum Gasteiger partial charge on any atom is 0.240 e. The van der Waals surface area contributed by atoms with Crippen LogP contribution in [0.2, 0.25) is 0 Å². The lowest BCUT2D eigenvalue weighted by Gasteiger charge is -2.12. The predicted molar refractivity (Wildman–Crippen MR) is 69.2 cm³/mol. The van der Waals surface area contributed by atoms with Crippen LogP contribution in [-0.2, 0) is 10.0 Å². The lowest BCUT2D eigenvalue weighted by atomic mass is 10.2. The van der Waals surface area contributed by atoms with Crippen molar-refractivity contribution in [2.24, 2.45) is 5.73 Å². The minimum atomic E-state index is -3.69. The standard InChI is InChI=1S/C12H19FN2O2S/c1-3-4-11(14)8-15-18(16,17)12-6-9(2)5-10(13)7-12/h5-7,11,15H,3-4,8,14H2,1-2H3/t11-/m1/s1. The highest BCUT2D eigenvalue weighted by Gasteiger charge is 2.16. The lowest BCUT2D eigenvalue weighted by Crippen LogP contribution is -2.37. The van der Waals surface area contributed by atoms with Crippen LogP contribution in [-0.4, -0.2) is 21.0 Å². The van der Waals surface area contributed by atoms with Crippen molar-refractivity contribution < 1.29 is 12.8 Å². The van der Waals surface area contributed by atoms with Crippen molar-refractivity contribution in [3.63, 3.8) is 0 Å². The molecule has 0 saturated heterocycles. The van der Waals surface area contributed by atoms with Gasteiger partial charge in [-0.25, -0.2) is 17.5 Å². The molecule has 0 aromatic heterocycles. The van der Waals surface area contributed by atoms with E-state index in [4.69, 9.17) is 5.73 Å². The fraction of sp³-hybridized carbons (Fsp3) is 0.500. The fourth-order valence-corrected chi connectivity index (χ4v) is 2.84. The number of nitrogens with two attached hydrogens (primary N) is 1. The highest BCUT2D eigenvalue weighted by molar-refractivity contribution is 7.89.